The Balaban J connectivity index is 1.50. The lowest BCUT2D eigenvalue weighted by molar-refractivity contribution is 0.0523. The lowest BCUT2D eigenvalue weighted by Gasteiger charge is -2.19. The number of benzene rings is 2. The van der Waals surface area contributed by atoms with Gasteiger partial charge in [0, 0.05) is 25.8 Å². The number of methoxy groups -OCH3 is 1. The van der Waals surface area contributed by atoms with Crippen LogP contribution in [0.4, 0.5) is 5.69 Å². The largest absolute Gasteiger partial charge is 0.496 e. The number of carbonyl (C=O) groups excluding carboxylic acids is 1. The van der Waals surface area contributed by atoms with E-state index in [2.05, 4.69) is 12.1 Å². The lowest BCUT2D eigenvalue weighted by atomic mass is 10.1. The van der Waals surface area contributed by atoms with Crippen LogP contribution in [0, 0.1) is 0 Å². The molecular weight excluding hydrogens is 364 g/mol. The predicted octanol–water partition coefficient (Wildman–Crippen LogP) is 3.79. The SMILES string of the molecule is COc1cc(N)c(Cl)cc1C(=O)N1CCC(OCCCc2ccccc2)C1. The van der Waals surface area contributed by atoms with Crippen LogP contribution in [0.15, 0.2) is 42.5 Å². The van der Waals surface area contributed by atoms with E-state index in [1.807, 2.05) is 18.2 Å². The normalized spacial score (nSPS) is 16.5. The van der Waals surface area contributed by atoms with Gasteiger partial charge in [0.1, 0.15) is 5.75 Å². The van der Waals surface area contributed by atoms with E-state index in [4.69, 9.17) is 26.8 Å². The maximum absolute atomic E-state index is 12.8. The Morgan fingerprint density at radius 2 is 2.07 bits per heavy atom. The minimum atomic E-state index is -0.107. The van der Waals surface area contributed by atoms with E-state index in [1.54, 1.807) is 17.0 Å². The molecule has 1 aliphatic heterocycles. The molecule has 0 saturated carbocycles. The number of anilines is 1. The van der Waals surface area contributed by atoms with Crippen LogP contribution >= 0.6 is 11.6 Å². The smallest absolute Gasteiger partial charge is 0.257 e. The summed E-state index contributed by atoms with van der Waals surface area (Å²) in [5, 5.41) is 0.354. The standard InChI is InChI=1S/C21H25ClN2O3/c1-26-20-13-19(23)18(22)12-17(20)21(25)24-10-9-16(14-24)27-11-5-8-15-6-3-2-4-7-15/h2-4,6-7,12-13,16H,5,8-11,14,23H2,1H3. The van der Waals surface area contributed by atoms with Gasteiger partial charge in [0.2, 0.25) is 0 Å². The number of halogens is 1. The first-order valence-corrected chi connectivity index (χ1v) is 9.54. The van der Waals surface area contributed by atoms with Gasteiger partial charge < -0.3 is 20.1 Å². The maximum atomic E-state index is 12.8. The van der Waals surface area contributed by atoms with E-state index in [1.165, 1.54) is 12.7 Å². The monoisotopic (exact) mass is 388 g/mol. The molecule has 3 rings (SSSR count). The zero-order chi connectivity index (χ0) is 19.2. The van der Waals surface area contributed by atoms with E-state index in [0.717, 1.165) is 19.3 Å². The summed E-state index contributed by atoms with van der Waals surface area (Å²) in [6.07, 6.45) is 2.87. The summed E-state index contributed by atoms with van der Waals surface area (Å²) in [6.45, 7) is 1.93. The molecule has 2 N–H and O–H groups in total. The van der Waals surface area contributed by atoms with Crippen LogP contribution < -0.4 is 10.5 Å². The fraction of sp³-hybridized carbons (Fsp3) is 0.381. The molecule has 0 bridgehead atoms. The van der Waals surface area contributed by atoms with Crippen molar-refractivity contribution in [3.8, 4) is 5.75 Å². The van der Waals surface area contributed by atoms with Crippen molar-refractivity contribution in [1.82, 2.24) is 4.90 Å². The molecule has 5 nitrogen and oxygen atoms in total. The zero-order valence-electron chi connectivity index (χ0n) is 15.5. The van der Waals surface area contributed by atoms with Crippen LogP contribution in [0.3, 0.4) is 0 Å². The first-order valence-electron chi connectivity index (χ1n) is 9.16. The van der Waals surface area contributed by atoms with Gasteiger partial charge in [0.05, 0.1) is 29.5 Å². The average Bonchev–Trinajstić information content (AvgIpc) is 3.16. The summed E-state index contributed by atoms with van der Waals surface area (Å²) in [6, 6.07) is 13.5. The number of amides is 1. The zero-order valence-corrected chi connectivity index (χ0v) is 16.2. The predicted molar refractivity (Wildman–Crippen MR) is 107 cm³/mol. The molecule has 144 valence electrons. The van der Waals surface area contributed by atoms with E-state index in [-0.39, 0.29) is 12.0 Å². The molecule has 1 unspecified atom stereocenters. The van der Waals surface area contributed by atoms with E-state index >= 15 is 0 Å². The highest BCUT2D eigenvalue weighted by molar-refractivity contribution is 6.33. The number of nitrogens with zero attached hydrogens (tertiary/aromatic N) is 1. The Morgan fingerprint density at radius 3 is 2.81 bits per heavy atom. The first kappa shape index (κ1) is 19.5. The van der Waals surface area contributed by atoms with Crippen molar-refractivity contribution < 1.29 is 14.3 Å². The Hall–Kier alpha value is -2.24. The molecule has 0 radical (unpaired) electrons. The fourth-order valence-corrected chi connectivity index (χ4v) is 3.46. The van der Waals surface area contributed by atoms with Crippen molar-refractivity contribution in [3.63, 3.8) is 0 Å². The highest BCUT2D eigenvalue weighted by Gasteiger charge is 2.29. The number of nitrogens with two attached hydrogens (primary N) is 1. The second kappa shape index (κ2) is 9.11. The molecule has 1 amide bonds. The number of carbonyl (C=O) groups is 1. The first-order chi connectivity index (χ1) is 13.1. The minimum Gasteiger partial charge on any atom is -0.496 e. The molecule has 1 aliphatic rings. The molecule has 2 aromatic rings. The number of hydrogen-bond donors (Lipinski definition) is 1. The van der Waals surface area contributed by atoms with Crippen LogP contribution in [0.25, 0.3) is 0 Å². The summed E-state index contributed by atoms with van der Waals surface area (Å²) >= 11 is 6.08. The lowest BCUT2D eigenvalue weighted by Crippen LogP contribution is -2.30. The van der Waals surface area contributed by atoms with Crippen LogP contribution in [0.5, 0.6) is 5.75 Å². The minimum absolute atomic E-state index is 0.0694. The number of rotatable bonds is 7. The molecule has 6 heteroatoms. The molecule has 0 spiro atoms. The molecule has 0 aromatic heterocycles. The highest BCUT2D eigenvalue weighted by atomic mass is 35.5. The highest BCUT2D eigenvalue weighted by Crippen LogP contribution is 2.30. The third-order valence-electron chi connectivity index (χ3n) is 4.79. The molecule has 1 atom stereocenters. The number of aryl methyl sites for hydroxylation is 1. The van der Waals surface area contributed by atoms with Crippen LogP contribution in [-0.4, -0.2) is 43.7 Å². The van der Waals surface area contributed by atoms with Crippen LogP contribution in [-0.2, 0) is 11.2 Å². The van der Waals surface area contributed by atoms with Crippen molar-refractivity contribution in [3.05, 3.63) is 58.6 Å². The number of nitrogen functional groups attached to an aromatic ring is 1. The fourth-order valence-electron chi connectivity index (χ4n) is 3.30. The second-order valence-electron chi connectivity index (χ2n) is 6.70. The Morgan fingerprint density at radius 1 is 1.30 bits per heavy atom. The molecule has 0 aliphatic carbocycles. The molecule has 1 heterocycles. The molecule has 27 heavy (non-hydrogen) atoms. The summed E-state index contributed by atoms with van der Waals surface area (Å²) < 4.78 is 11.3. The molecule has 1 fully saturated rings. The summed E-state index contributed by atoms with van der Waals surface area (Å²) in [5.74, 6) is 0.332. The van der Waals surface area contributed by atoms with Crippen LogP contribution in [0.2, 0.25) is 5.02 Å². The van der Waals surface area contributed by atoms with Gasteiger partial charge in [-0.1, -0.05) is 41.9 Å². The quantitative estimate of drug-likeness (QED) is 0.578. The van der Waals surface area contributed by atoms with Crippen molar-refractivity contribution in [2.24, 2.45) is 0 Å². The number of likely N-dealkylation sites (tertiary alicyclic amines) is 1. The topological polar surface area (TPSA) is 64.8 Å². The number of ether oxygens (including phenoxy) is 2. The second-order valence-corrected chi connectivity index (χ2v) is 7.10. The van der Waals surface area contributed by atoms with Gasteiger partial charge in [0.15, 0.2) is 0 Å². The third kappa shape index (κ3) is 4.93. The number of hydrogen-bond acceptors (Lipinski definition) is 4. The van der Waals surface area contributed by atoms with Crippen molar-refractivity contribution in [2.75, 3.05) is 32.5 Å². The molecular formula is C21H25ClN2O3. The van der Waals surface area contributed by atoms with Crippen LogP contribution in [0.1, 0.15) is 28.8 Å². The van der Waals surface area contributed by atoms with Gasteiger partial charge in [-0.05, 0) is 30.9 Å². The third-order valence-corrected chi connectivity index (χ3v) is 5.11. The van der Waals surface area contributed by atoms with Gasteiger partial charge in [0.25, 0.3) is 5.91 Å². The Labute approximate surface area is 165 Å². The van der Waals surface area contributed by atoms with Gasteiger partial charge in [-0.3, -0.25) is 4.79 Å². The van der Waals surface area contributed by atoms with Gasteiger partial charge in [-0.15, -0.1) is 0 Å². The van der Waals surface area contributed by atoms with E-state index in [0.29, 0.717) is 41.7 Å². The Bertz CT molecular complexity index is 782. The summed E-state index contributed by atoms with van der Waals surface area (Å²) in [4.78, 5) is 14.6. The molecule has 1 saturated heterocycles. The summed E-state index contributed by atoms with van der Waals surface area (Å²) in [7, 11) is 1.52. The van der Waals surface area contributed by atoms with E-state index in [9.17, 15) is 4.79 Å². The van der Waals surface area contributed by atoms with E-state index < -0.39 is 0 Å². The van der Waals surface area contributed by atoms with Gasteiger partial charge >= 0.3 is 0 Å². The van der Waals surface area contributed by atoms with Gasteiger partial charge in [-0.25, -0.2) is 0 Å². The summed E-state index contributed by atoms with van der Waals surface area (Å²) in [5.41, 5.74) is 7.94. The van der Waals surface area contributed by atoms with Crippen molar-refractivity contribution >= 4 is 23.2 Å². The average molecular weight is 389 g/mol. The van der Waals surface area contributed by atoms with Crippen molar-refractivity contribution in [1.29, 1.82) is 0 Å². The van der Waals surface area contributed by atoms with Crippen molar-refractivity contribution in [2.45, 2.75) is 25.4 Å². The molecule has 2 aromatic carbocycles. The Kier molecular flexibility index (Phi) is 6.58. The van der Waals surface area contributed by atoms with Gasteiger partial charge in [-0.2, -0.15) is 0 Å². The maximum Gasteiger partial charge on any atom is 0.257 e.